The van der Waals surface area contributed by atoms with Gasteiger partial charge < -0.3 is 15.4 Å². The van der Waals surface area contributed by atoms with Crippen LogP contribution in [0.3, 0.4) is 0 Å². The van der Waals surface area contributed by atoms with Crippen LogP contribution in [-0.4, -0.2) is 23.9 Å². The third kappa shape index (κ3) is 4.54. The summed E-state index contributed by atoms with van der Waals surface area (Å²) in [4.78, 5) is 27.9. The molecule has 1 aromatic carbocycles. The van der Waals surface area contributed by atoms with E-state index in [1.54, 1.807) is 44.5 Å². The summed E-state index contributed by atoms with van der Waals surface area (Å²) in [6.45, 7) is 3.69. The molecule has 0 aliphatic rings. The molecule has 0 spiro atoms. The van der Waals surface area contributed by atoms with Crippen LogP contribution in [0.5, 0.6) is 5.75 Å². The SMILES string of the molecule is COc1ccc(C(C)NC(=O)C(=O)Nc2ccc(C)cn2)cc1. The number of carbonyl (C=O) groups excluding carboxylic acids is 2. The average Bonchev–Trinajstić information content (AvgIpc) is 2.56. The van der Waals surface area contributed by atoms with E-state index in [0.29, 0.717) is 5.82 Å². The maximum atomic E-state index is 11.9. The molecular formula is C17H19N3O3. The molecular weight excluding hydrogens is 294 g/mol. The molecule has 0 bridgehead atoms. The lowest BCUT2D eigenvalue weighted by molar-refractivity contribution is -0.136. The van der Waals surface area contributed by atoms with Gasteiger partial charge in [-0.15, -0.1) is 0 Å². The van der Waals surface area contributed by atoms with Crippen LogP contribution in [0, 0.1) is 6.92 Å². The number of hydrogen-bond donors (Lipinski definition) is 2. The number of aromatic nitrogens is 1. The topological polar surface area (TPSA) is 80.3 Å². The van der Waals surface area contributed by atoms with Crippen LogP contribution in [0.25, 0.3) is 0 Å². The summed E-state index contributed by atoms with van der Waals surface area (Å²) in [6, 6.07) is 10.4. The van der Waals surface area contributed by atoms with Crippen LogP contribution in [0.2, 0.25) is 0 Å². The maximum absolute atomic E-state index is 11.9. The van der Waals surface area contributed by atoms with Crippen LogP contribution in [0.4, 0.5) is 5.82 Å². The Kier molecular flexibility index (Phi) is 5.30. The van der Waals surface area contributed by atoms with Gasteiger partial charge in [-0.05, 0) is 43.2 Å². The van der Waals surface area contributed by atoms with Crippen molar-refractivity contribution in [3.05, 3.63) is 53.7 Å². The predicted octanol–water partition coefficient (Wildman–Crippen LogP) is 2.21. The molecule has 1 unspecified atom stereocenters. The largest absolute Gasteiger partial charge is 0.497 e. The van der Waals surface area contributed by atoms with E-state index in [-0.39, 0.29) is 6.04 Å². The fraction of sp³-hybridized carbons (Fsp3) is 0.235. The van der Waals surface area contributed by atoms with Crippen molar-refractivity contribution in [2.24, 2.45) is 0 Å². The number of anilines is 1. The number of rotatable bonds is 4. The highest BCUT2D eigenvalue weighted by Gasteiger charge is 2.17. The Morgan fingerprint density at radius 3 is 2.35 bits per heavy atom. The minimum Gasteiger partial charge on any atom is -0.497 e. The lowest BCUT2D eigenvalue weighted by Crippen LogP contribution is -2.37. The Morgan fingerprint density at radius 1 is 1.09 bits per heavy atom. The molecule has 2 aromatic rings. The van der Waals surface area contributed by atoms with Crippen LogP contribution in [0.1, 0.15) is 24.1 Å². The minimum absolute atomic E-state index is 0.301. The second kappa shape index (κ2) is 7.40. The van der Waals surface area contributed by atoms with Crippen molar-refractivity contribution in [2.45, 2.75) is 19.9 Å². The van der Waals surface area contributed by atoms with Gasteiger partial charge in [0, 0.05) is 6.20 Å². The molecule has 2 amide bonds. The smallest absolute Gasteiger partial charge is 0.314 e. The zero-order valence-corrected chi connectivity index (χ0v) is 13.3. The van der Waals surface area contributed by atoms with Crippen LogP contribution >= 0.6 is 0 Å². The summed E-state index contributed by atoms with van der Waals surface area (Å²) in [7, 11) is 1.59. The van der Waals surface area contributed by atoms with Gasteiger partial charge in [-0.2, -0.15) is 0 Å². The number of aryl methyl sites for hydroxylation is 1. The van der Waals surface area contributed by atoms with E-state index in [0.717, 1.165) is 16.9 Å². The van der Waals surface area contributed by atoms with Gasteiger partial charge in [0.1, 0.15) is 11.6 Å². The van der Waals surface area contributed by atoms with Gasteiger partial charge in [0.25, 0.3) is 0 Å². The van der Waals surface area contributed by atoms with E-state index in [1.165, 1.54) is 0 Å². The molecule has 1 atom stereocenters. The van der Waals surface area contributed by atoms with E-state index in [2.05, 4.69) is 15.6 Å². The molecule has 23 heavy (non-hydrogen) atoms. The first kappa shape index (κ1) is 16.5. The van der Waals surface area contributed by atoms with E-state index >= 15 is 0 Å². The lowest BCUT2D eigenvalue weighted by atomic mass is 10.1. The molecule has 1 heterocycles. The molecule has 0 aliphatic heterocycles. The Balaban J connectivity index is 1.94. The fourth-order valence-electron chi connectivity index (χ4n) is 1.95. The third-order valence-electron chi connectivity index (χ3n) is 3.32. The lowest BCUT2D eigenvalue weighted by Gasteiger charge is -2.14. The molecule has 120 valence electrons. The first-order valence-electron chi connectivity index (χ1n) is 7.18. The number of nitrogens with zero attached hydrogens (tertiary/aromatic N) is 1. The van der Waals surface area contributed by atoms with Gasteiger partial charge in [0.05, 0.1) is 13.2 Å². The van der Waals surface area contributed by atoms with Crippen LogP contribution < -0.4 is 15.4 Å². The molecule has 1 aromatic heterocycles. The quantitative estimate of drug-likeness (QED) is 0.848. The maximum Gasteiger partial charge on any atom is 0.314 e. The Labute approximate surface area is 134 Å². The van der Waals surface area contributed by atoms with Gasteiger partial charge in [-0.1, -0.05) is 18.2 Å². The van der Waals surface area contributed by atoms with E-state index in [1.807, 2.05) is 19.1 Å². The molecule has 6 heteroatoms. The normalized spacial score (nSPS) is 11.4. The Morgan fingerprint density at radius 2 is 1.78 bits per heavy atom. The summed E-state index contributed by atoms with van der Waals surface area (Å²) in [5, 5.41) is 5.11. The number of carbonyl (C=O) groups is 2. The van der Waals surface area contributed by atoms with Crippen molar-refractivity contribution in [2.75, 3.05) is 12.4 Å². The Bertz CT molecular complexity index is 681. The van der Waals surface area contributed by atoms with Crippen molar-refractivity contribution in [3.63, 3.8) is 0 Å². The molecule has 0 aliphatic carbocycles. The summed E-state index contributed by atoms with van der Waals surface area (Å²) < 4.78 is 5.08. The van der Waals surface area contributed by atoms with Crippen molar-refractivity contribution < 1.29 is 14.3 Å². The highest BCUT2D eigenvalue weighted by Crippen LogP contribution is 2.17. The summed E-state index contributed by atoms with van der Waals surface area (Å²) in [5.74, 6) is -0.388. The van der Waals surface area contributed by atoms with Gasteiger partial charge in [0.15, 0.2) is 0 Å². The van der Waals surface area contributed by atoms with Crippen molar-refractivity contribution >= 4 is 17.6 Å². The van der Waals surface area contributed by atoms with Gasteiger partial charge in [0.2, 0.25) is 0 Å². The molecule has 2 N–H and O–H groups in total. The number of ether oxygens (including phenoxy) is 1. The number of hydrogen-bond acceptors (Lipinski definition) is 4. The van der Waals surface area contributed by atoms with Gasteiger partial charge >= 0.3 is 11.8 Å². The van der Waals surface area contributed by atoms with Crippen molar-refractivity contribution in [1.82, 2.24) is 10.3 Å². The number of pyridine rings is 1. The van der Waals surface area contributed by atoms with Crippen LogP contribution in [0.15, 0.2) is 42.6 Å². The number of nitrogens with one attached hydrogen (secondary N) is 2. The molecule has 0 radical (unpaired) electrons. The molecule has 0 saturated carbocycles. The number of amides is 2. The number of benzene rings is 1. The summed E-state index contributed by atoms with van der Waals surface area (Å²) in [5.41, 5.74) is 1.85. The predicted molar refractivity (Wildman–Crippen MR) is 87.2 cm³/mol. The second-order valence-electron chi connectivity index (χ2n) is 5.14. The van der Waals surface area contributed by atoms with E-state index < -0.39 is 11.8 Å². The van der Waals surface area contributed by atoms with Crippen molar-refractivity contribution in [3.8, 4) is 5.75 Å². The number of methoxy groups -OCH3 is 1. The highest BCUT2D eigenvalue weighted by atomic mass is 16.5. The summed E-state index contributed by atoms with van der Waals surface area (Å²) in [6.07, 6.45) is 1.62. The first-order valence-corrected chi connectivity index (χ1v) is 7.18. The van der Waals surface area contributed by atoms with Gasteiger partial charge in [-0.3, -0.25) is 9.59 Å². The average molecular weight is 313 g/mol. The minimum atomic E-state index is -0.748. The van der Waals surface area contributed by atoms with E-state index in [4.69, 9.17) is 4.74 Å². The first-order chi connectivity index (χ1) is 11.0. The second-order valence-corrected chi connectivity index (χ2v) is 5.14. The molecule has 0 fully saturated rings. The zero-order valence-electron chi connectivity index (χ0n) is 13.3. The zero-order chi connectivity index (χ0) is 16.8. The van der Waals surface area contributed by atoms with Crippen LogP contribution in [-0.2, 0) is 9.59 Å². The van der Waals surface area contributed by atoms with Crippen molar-refractivity contribution in [1.29, 1.82) is 0 Å². The van der Waals surface area contributed by atoms with Gasteiger partial charge in [-0.25, -0.2) is 4.98 Å². The monoisotopic (exact) mass is 313 g/mol. The highest BCUT2D eigenvalue weighted by molar-refractivity contribution is 6.39. The molecule has 6 nitrogen and oxygen atoms in total. The third-order valence-corrected chi connectivity index (χ3v) is 3.32. The summed E-state index contributed by atoms with van der Waals surface area (Å²) >= 11 is 0. The van der Waals surface area contributed by atoms with E-state index in [9.17, 15) is 9.59 Å². The molecule has 0 saturated heterocycles. The standard InChI is InChI=1S/C17H19N3O3/c1-11-4-9-15(18-10-11)20-17(22)16(21)19-12(2)13-5-7-14(23-3)8-6-13/h4-10,12H,1-3H3,(H,19,21)(H,18,20,22). The Hall–Kier alpha value is -2.89. The molecule has 2 rings (SSSR count). The fourth-order valence-corrected chi connectivity index (χ4v) is 1.95.